The van der Waals surface area contributed by atoms with Crippen LogP contribution in [0, 0.1) is 10.1 Å². The highest BCUT2D eigenvalue weighted by atomic mass is 16.6. The molecular formula is C35H29N3O6. The van der Waals surface area contributed by atoms with Crippen LogP contribution in [0.25, 0.3) is 0 Å². The smallest absolute Gasteiger partial charge is 0.271 e. The summed E-state index contributed by atoms with van der Waals surface area (Å²) in [5.74, 6) is 0.526. The van der Waals surface area contributed by atoms with Crippen LogP contribution in [0.3, 0.4) is 0 Å². The van der Waals surface area contributed by atoms with Gasteiger partial charge in [-0.15, -0.1) is 0 Å². The summed E-state index contributed by atoms with van der Waals surface area (Å²) in [5.41, 5.74) is 6.13. The Balaban J connectivity index is 1.43. The van der Waals surface area contributed by atoms with Gasteiger partial charge in [-0.2, -0.15) is 5.10 Å². The minimum absolute atomic E-state index is 0.0353. The lowest BCUT2D eigenvalue weighted by atomic mass is 10.1. The second kappa shape index (κ2) is 14.8. The van der Waals surface area contributed by atoms with Crippen LogP contribution in [0.2, 0.25) is 0 Å². The first kappa shape index (κ1) is 29.5. The second-order valence-corrected chi connectivity index (χ2v) is 9.67. The molecule has 0 aliphatic heterocycles. The monoisotopic (exact) mass is 587 g/mol. The molecule has 0 atom stereocenters. The van der Waals surface area contributed by atoms with Crippen molar-refractivity contribution in [1.82, 2.24) is 5.43 Å². The van der Waals surface area contributed by atoms with Crippen molar-refractivity contribution < 1.29 is 23.9 Å². The number of hydrogen-bond donors (Lipinski definition) is 1. The number of hydrazone groups is 1. The van der Waals surface area contributed by atoms with Gasteiger partial charge < -0.3 is 14.2 Å². The third kappa shape index (κ3) is 8.29. The molecule has 0 fully saturated rings. The molecule has 5 aromatic rings. The number of non-ortho nitro benzene ring substituents is 1. The van der Waals surface area contributed by atoms with Gasteiger partial charge in [-0.3, -0.25) is 14.9 Å². The maximum atomic E-state index is 13.3. The van der Waals surface area contributed by atoms with Crippen LogP contribution in [0.15, 0.2) is 132 Å². The van der Waals surface area contributed by atoms with Crippen LogP contribution in [0.1, 0.15) is 32.6 Å². The zero-order valence-electron chi connectivity index (χ0n) is 23.7. The van der Waals surface area contributed by atoms with E-state index in [1.165, 1.54) is 30.5 Å². The standard InChI is InChI=1S/C35H29N3O6/c39-35(37-36-22-26-16-18-31(19-17-26)38(40)41)30-20-32(42-23-27-10-4-1-5-11-27)34(44-25-29-14-8-3-9-15-29)33(21-30)43-24-28-12-6-2-7-13-28/h1-22H,23-25H2,(H,37,39). The third-order valence-electron chi connectivity index (χ3n) is 6.47. The largest absolute Gasteiger partial charge is 0.485 e. The predicted octanol–water partition coefficient (Wildman–Crippen LogP) is 7.10. The molecular weight excluding hydrogens is 558 g/mol. The molecule has 1 amide bonds. The molecule has 0 unspecified atom stereocenters. The Kier molecular flexibility index (Phi) is 9.92. The van der Waals surface area contributed by atoms with Crippen molar-refractivity contribution in [2.45, 2.75) is 19.8 Å². The number of hydrogen-bond acceptors (Lipinski definition) is 7. The quantitative estimate of drug-likeness (QED) is 0.0894. The first-order chi connectivity index (χ1) is 21.5. The van der Waals surface area contributed by atoms with Crippen molar-refractivity contribution in [2.24, 2.45) is 5.10 Å². The Labute approximate surface area is 254 Å². The van der Waals surface area contributed by atoms with Crippen molar-refractivity contribution in [3.8, 4) is 17.2 Å². The molecule has 0 radical (unpaired) electrons. The molecule has 0 aromatic heterocycles. The Bertz CT molecular complexity index is 1650. The van der Waals surface area contributed by atoms with Gasteiger partial charge in [-0.1, -0.05) is 91.0 Å². The maximum absolute atomic E-state index is 13.3. The van der Waals surface area contributed by atoms with E-state index in [0.717, 1.165) is 16.7 Å². The fraction of sp³-hybridized carbons (Fsp3) is 0.0857. The summed E-state index contributed by atoms with van der Waals surface area (Å²) in [5, 5.41) is 14.9. The number of nitrogens with zero attached hydrogens (tertiary/aromatic N) is 2. The lowest BCUT2D eigenvalue weighted by Gasteiger charge is -2.19. The van der Waals surface area contributed by atoms with E-state index in [9.17, 15) is 14.9 Å². The summed E-state index contributed by atoms with van der Waals surface area (Å²) >= 11 is 0. The predicted molar refractivity (Wildman–Crippen MR) is 167 cm³/mol. The number of carbonyl (C=O) groups excluding carboxylic acids is 1. The van der Waals surface area contributed by atoms with E-state index >= 15 is 0 Å². The number of rotatable bonds is 13. The van der Waals surface area contributed by atoms with Gasteiger partial charge in [0.1, 0.15) is 19.8 Å². The Morgan fingerprint density at radius 2 is 1.14 bits per heavy atom. The average Bonchev–Trinajstić information content (AvgIpc) is 3.07. The number of nitrogens with one attached hydrogen (secondary N) is 1. The fourth-order valence-corrected chi connectivity index (χ4v) is 4.18. The van der Waals surface area contributed by atoms with E-state index in [0.29, 0.717) is 22.8 Å². The van der Waals surface area contributed by atoms with Gasteiger partial charge in [-0.25, -0.2) is 5.43 Å². The van der Waals surface area contributed by atoms with E-state index < -0.39 is 10.8 Å². The molecule has 0 saturated carbocycles. The lowest BCUT2D eigenvalue weighted by Crippen LogP contribution is -2.18. The molecule has 220 valence electrons. The highest BCUT2D eigenvalue weighted by molar-refractivity contribution is 5.96. The SMILES string of the molecule is O=C(NN=Cc1ccc([N+](=O)[O-])cc1)c1cc(OCc2ccccc2)c(OCc2ccccc2)c(OCc2ccccc2)c1. The maximum Gasteiger partial charge on any atom is 0.271 e. The number of nitro benzene ring substituents is 1. The Hall–Kier alpha value is -5.96. The number of benzene rings is 5. The van der Waals surface area contributed by atoms with Gasteiger partial charge in [0.15, 0.2) is 11.5 Å². The highest BCUT2D eigenvalue weighted by Crippen LogP contribution is 2.40. The van der Waals surface area contributed by atoms with Gasteiger partial charge in [0, 0.05) is 17.7 Å². The van der Waals surface area contributed by atoms with Crippen molar-refractivity contribution in [1.29, 1.82) is 0 Å². The van der Waals surface area contributed by atoms with Gasteiger partial charge >= 0.3 is 0 Å². The normalized spacial score (nSPS) is 10.7. The van der Waals surface area contributed by atoms with E-state index in [1.54, 1.807) is 12.1 Å². The Morgan fingerprint density at radius 3 is 1.59 bits per heavy atom. The number of nitro groups is 1. The van der Waals surface area contributed by atoms with Gasteiger partial charge in [0.25, 0.3) is 11.6 Å². The molecule has 1 N–H and O–H groups in total. The van der Waals surface area contributed by atoms with Crippen LogP contribution in [0.5, 0.6) is 17.2 Å². The molecule has 0 aliphatic carbocycles. The zero-order valence-corrected chi connectivity index (χ0v) is 23.7. The van der Waals surface area contributed by atoms with Gasteiger partial charge in [-0.05, 0) is 46.5 Å². The van der Waals surface area contributed by atoms with Crippen LogP contribution < -0.4 is 19.6 Å². The van der Waals surface area contributed by atoms with Gasteiger partial charge in [0.2, 0.25) is 5.75 Å². The van der Waals surface area contributed by atoms with Crippen LogP contribution in [-0.2, 0) is 19.8 Å². The molecule has 0 spiro atoms. The minimum atomic E-state index is -0.508. The highest BCUT2D eigenvalue weighted by Gasteiger charge is 2.20. The summed E-state index contributed by atoms with van der Waals surface area (Å²) in [6.07, 6.45) is 1.40. The molecule has 9 nitrogen and oxygen atoms in total. The molecule has 0 saturated heterocycles. The van der Waals surface area contributed by atoms with E-state index in [-0.39, 0.29) is 31.1 Å². The summed E-state index contributed by atoms with van der Waals surface area (Å²) in [6, 6.07) is 38.0. The van der Waals surface area contributed by atoms with Crippen molar-refractivity contribution in [2.75, 3.05) is 0 Å². The second-order valence-electron chi connectivity index (χ2n) is 9.67. The van der Waals surface area contributed by atoms with Crippen LogP contribution in [-0.4, -0.2) is 17.0 Å². The van der Waals surface area contributed by atoms with E-state index in [2.05, 4.69) is 10.5 Å². The first-order valence-corrected chi connectivity index (χ1v) is 13.8. The molecule has 5 aromatic carbocycles. The van der Waals surface area contributed by atoms with E-state index in [4.69, 9.17) is 14.2 Å². The zero-order chi connectivity index (χ0) is 30.6. The molecule has 0 heterocycles. The average molecular weight is 588 g/mol. The summed E-state index contributed by atoms with van der Waals surface area (Å²) in [7, 11) is 0. The molecule has 44 heavy (non-hydrogen) atoms. The molecule has 9 heteroatoms. The van der Waals surface area contributed by atoms with Crippen LogP contribution >= 0.6 is 0 Å². The van der Waals surface area contributed by atoms with Crippen molar-refractivity contribution in [3.63, 3.8) is 0 Å². The number of amides is 1. The molecule has 0 bridgehead atoms. The topological polar surface area (TPSA) is 112 Å². The summed E-state index contributed by atoms with van der Waals surface area (Å²) in [6.45, 7) is 0.739. The van der Waals surface area contributed by atoms with Crippen molar-refractivity contribution in [3.05, 3.63) is 165 Å². The van der Waals surface area contributed by atoms with E-state index in [1.807, 2.05) is 91.0 Å². The fourth-order valence-electron chi connectivity index (χ4n) is 4.18. The molecule has 5 rings (SSSR count). The summed E-state index contributed by atoms with van der Waals surface area (Å²) in [4.78, 5) is 23.7. The molecule has 0 aliphatic rings. The third-order valence-corrected chi connectivity index (χ3v) is 6.47. The minimum Gasteiger partial charge on any atom is -0.485 e. The van der Waals surface area contributed by atoms with Crippen molar-refractivity contribution >= 4 is 17.8 Å². The first-order valence-electron chi connectivity index (χ1n) is 13.8. The summed E-state index contributed by atoms with van der Waals surface area (Å²) < 4.78 is 18.7. The van der Waals surface area contributed by atoms with Gasteiger partial charge in [0.05, 0.1) is 11.1 Å². The Morgan fingerprint density at radius 1 is 0.682 bits per heavy atom. The number of carbonyl (C=O) groups is 1. The number of ether oxygens (including phenoxy) is 3. The van der Waals surface area contributed by atoms with Crippen LogP contribution in [0.4, 0.5) is 5.69 Å². The lowest BCUT2D eigenvalue weighted by molar-refractivity contribution is -0.384.